The van der Waals surface area contributed by atoms with Crippen molar-refractivity contribution >= 4 is 51.9 Å². The summed E-state index contributed by atoms with van der Waals surface area (Å²) < 4.78 is 104. The van der Waals surface area contributed by atoms with Gasteiger partial charge in [0, 0.05) is 5.39 Å². The molecule has 0 unspecified atom stereocenters. The summed E-state index contributed by atoms with van der Waals surface area (Å²) in [5.74, 6) is 0. The van der Waals surface area contributed by atoms with Crippen LogP contribution in [0.2, 0.25) is 0 Å². The van der Waals surface area contributed by atoms with Gasteiger partial charge < -0.3 is 13.7 Å². The van der Waals surface area contributed by atoms with Crippen LogP contribution in [0.1, 0.15) is 0 Å². The van der Waals surface area contributed by atoms with Crippen LogP contribution < -0.4 is 56.6 Å². The van der Waals surface area contributed by atoms with Gasteiger partial charge >= 0.3 is 56.6 Å². The Hall–Kier alpha value is -0.298. The summed E-state index contributed by atoms with van der Waals surface area (Å²) in [6.45, 7) is 0. The molecule has 0 N–H and O–H groups in total. The molecule has 0 aromatic heterocycles. The molecule has 0 saturated heterocycles. The van der Waals surface area contributed by atoms with Crippen LogP contribution in [0.3, 0.4) is 0 Å². The Morgan fingerprint density at radius 3 is 1.41 bits per heavy atom. The zero-order valence-corrected chi connectivity index (χ0v) is 17.9. The second-order valence-electron chi connectivity index (χ2n) is 5.32. The van der Waals surface area contributed by atoms with E-state index in [1.54, 1.807) is 18.2 Å². The van der Waals surface area contributed by atoms with Crippen molar-refractivity contribution in [2.45, 2.75) is 14.7 Å². The third-order valence-electron chi connectivity index (χ3n) is 3.65. The van der Waals surface area contributed by atoms with E-state index in [9.17, 15) is 38.9 Å². The minimum Gasteiger partial charge on any atom is -0.744 e. The van der Waals surface area contributed by atoms with Gasteiger partial charge in [0.05, 0.1) is 14.7 Å². The molecule has 3 aromatic carbocycles. The second-order valence-corrected chi connectivity index (χ2v) is 9.30. The minimum absolute atomic E-state index is 0. The second kappa shape index (κ2) is 9.46. The predicted molar refractivity (Wildman–Crippen MR) is 85.3 cm³/mol. The van der Waals surface area contributed by atoms with Gasteiger partial charge in [0.1, 0.15) is 30.4 Å². The maximum absolute atomic E-state index is 11.7. The van der Waals surface area contributed by atoms with Gasteiger partial charge in [-0.1, -0.05) is 24.3 Å². The molecule has 0 radical (unpaired) electrons. The molecule has 9 nitrogen and oxygen atoms in total. The largest absolute Gasteiger partial charge is 1.00 e. The summed E-state index contributed by atoms with van der Waals surface area (Å²) in [6, 6.07) is 9.30. The molecule has 0 amide bonds. The van der Waals surface area contributed by atoms with E-state index >= 15 is 0 Å². The molecule has 0 atom stereocenters. The summed E-state index contributed by atoms with van der Waals surface area (Å²) in [5.41, 5.74) is 0. The predicted octanol–water partition coefficient (Wildman–Crippen LogP) is -8.28. The summed E-state index contributed by atoms with van der Waals surface area (Å²) in [6.07, 6.45) is 0. The average molecular weight is 436 g/mol. The number of rotatable bonds is 3. The van der Waals surface area contributed by atoms with E-state index in [-0.39, 0.29) is 62.0 Å². The molecule has 0 spiro atoms. The van der Waals surface area contributed by atoms with Gasteiger partial charge in [-0.15, -0.1) is 0 Å². The van der Waals surface area contributed by atoms with Crippen molar-refractivity contribution in [2.24, 2.45) is 0 Å². The Labute approximate surface area is 203 Å². The van der Waals surface area contributed by atoms with Crippen LogP contribution in [0.15, 0.2) is 57.2 Å². The zero-order chi connectivity index (χ0) is 19.5. The van der Waals surface area contributed by atoms with Gasteiger partial charge in [0.2, 0.25) is 0 Å². The summed E-state index contributed by atoms with van der Waals surface area (Å²) in [5, 5.41) is 0.235. The van der Waals surface area contributed by atoms with E-state index in [0.29, 0.717) is 16.8 Å². The van der Waals surface area contributed by atoms with Crippen molar-refractivity contribution in [1.29, 1.82) is 0 Å². The van der Waals surface area contributed by atoms with E-state index in [0.717, 1.165) is 6.07 Å². The Morgan fingerprint density at radius 1 is 0.552 bits per heavy atom. The molecule has 138 valence electrons. The molecule has 15 heteroatoms. The quantitative estimate of drug-likeness (QED) is 0.220. The van der Waals surface area contributed by atoms with E-state index < -0.39 is 50.4 Å². The van der Waals surface area contributed by atoms with Crippen molar-refractivity contribution in [3.63, 3.8) is 0 Å². The Kier molecular flexibility index (Phi) is 9.36. The van der Waals surface area contributed by atoms with Gasteiger partial charge in [-0.25, -0.2) is 25.3 Å². The summed E-state index contributed by atoms with van der Waals surface area (Å²) in [7, 11) is -17.0. The summed E-state index contributed by atoms with van der Waals surface area (Å²) >= 11 is 0. The molecule has 0 heterocycles. The number of hydrogen-bond donors (Lipinski definition) is 0. The molecule has 0 saturated carbocycles. The fourth-order valence-electron chi connectivity index (χ4n) is 2.69. The normalized spacial score (nSPS) is 12.0. The van der Waals surface area contributed by atoms with Gasteiger partial charge in [0.15, 0.2) is 0 Å². The van der Waals surface area contributed by atoms with Crippen LogP contribution in [0.4, 0.5) is 0 Å². The maximum Gasteiger partial charge on any atom is 1.00 e. The summed E-state index contributed by atoms with van der Waals surface area (Å²) in [4.78, 5) is -4.99. The Morgan fingerprint density at radius 2 is 1.00 bits per heavy atom. The van der Waals surface area contributed by atoms with Crippen molar-refractivity contribution in [3.05, 3.63) is 42.5 Å². The monoisotopic (exact) mass is 436 g/mol. The molecular formula is C14H7Li3O9S3. The SMILES string of the molecule is O=S(=O)([O-])c1cc2cc3ccccc3cc2c(S(=O)(=O)[O-])c1S(=O)(=O)[O-].[Li+].[Li+].[Li+]. The van der Waals surface area contributed by atoms with Crippen molar-refractivity contribution in [1.82, 2.24) is 0 Å². The van der Waals surface area contributed by atoms with Crippen LogP contribution in [0, 0.1) is 0 Å². The van der Waals surface area contributed by atoms with Gasteiger partial charge in [-0.3, -0.25) is 0 Å². The van der Waals surface area contributed by atoms with Crippen LogP contribution in [-0.2, 0) is 30.4 Å². The number of hydrogen-bond acceptors (Lipinski definition) is 9. The van der Waals surface area contributed by atoms with Crippen molar-refractivity contribution in [3.8, 4) is 0 Å². The third kappa shape index (κ3) is 5.69. The molecule has 29 heavy (non-hydrogen) atoms. The smallest absolute Gasteiger partial charge is 0.744 e. The molecule has 0 aliphatic carbocycles. The molecule has 3 aromatic rings. The molecule has 3 rings (SSSR count). The fourth-order valence-corrected chi connectivity index (χ4v) is 6.00. The van der Waals surface area contributed by atoms with E-state index in [2.05, 4.69) is 0 Å². The average Bonchev–Trinajstić information content (AvgIpc) is 2.48. The van der Waals surface area contributed by atoms with Crippen LogP contribution in [0.25, 0.3) is 21.5 Å². The van der Waals surface area contributed by atoms with Crippen LogP contribution >= 0.6 is 0 Å². The van der Waals surface area contributed by atoms with Crippen LogP contribution in [0.5, 0.6) is 0 Å². The third-order valence-corrected chi connectivity index (χ3v) is 6.62. The van der Waals surface area contributed by atoms with Crippen molar-refractivity contribution < 1.29 is 95.5 Å². The first-order valence-electron chi connectivity index (χ1n) is 6.67. The van der Waals surface area contributed by atoms with E-state index in [1.807, 2.05) is 0 Å². The van der Waals surface area contributed by atoms with Crippen molar-refractivity contribution in [2.75, 3.05) is 0 Å². The van der Waals surface area contributed by atoms with Gasteiger partial charge in [-0.05, 0) is 34.4 Å². The first kappa shape index (κ1) is 28.7. The first-order chi connectivity index (χ1) is 11.8. The molecule has 0 aliphatic rings. The molecule has 0 aliphatic heterocycles. The Bertz CT molecular complexity index is 1400. The number of benzene rings is 3. The maximum atomic E-state index is 11.7. The zero-order valence-electron chi connectivity index (χ0n) is 15.4. The molecular weight excluding hydrogens is 429 g/mol. The molecule has 0 bridgehead atoms. The van der Waals surface area contributed by atoms with E-state index in [1.165, 1.54) is 12.1 Å². The minimum atomic E-state index is -5.78. The Balaban J connectivity index is 0.00000261. The standard InChI is InChI=1S/C14H10O9S3.3Li/c15-24(16,17)12-7-10-5-8-3-1-2-4-9(8)6-11(10)13(25(18,19)20)14(12)26(21,22)23;;;/h1-7H,(H,15,16,17)(H,18,19,20)(H,21,22,23);;;/q;3*+1/p-3. The van der Waals surface area contributed by atoms with E-state index in [4.69, 9.17) is 0 Å². The van der Waals surface area contributed by atoms with Crippen LogP contribution in [-0.4, -0.2) is 38.9 Å². The molecule has 0 fully saturated rings. The van der Waals surface area contributed by atoms with Gasteiger partial charge in [0.25, 0.3) is 0 Å². The fraction of sp³-hybridized carbons (Fsp3) is 0. The topological polar surface area (TPSA) is 172 Å². The van der Waals surface area contributed by atoms with Gasteiger partial charge in [-0.2, -0.15) is 0 Å². The first-order valence-corrected chi connectivity index (χ1v) is 10.9. The number of fused-ring (bicyclic) bond motifs is 2.